The normalized spacial score (nSPS) is 27.8. The maximum atomic E-state index is 13.2. The molecule has 1 amide bonds. The molecule has 1 aromatic carbocycles. The predicted molar refractivity (Wildman–Crippen MR) is 87.8 cm³/mol. The minimum absolute atomic E-state index is 0.207. The van der Waals surface area contributed by atoms with E-state index in [4.69, 9.17) is 0 Å². The van der Waals surface area contributed by atoms with Crippen LogP contribution in [0.15, 0.2) is 30.3 Å². The fourth-order valence-electron chi connectivity index (χ4n) is 4.55. The minimum atomic E-state index is -0.207. The fraction of sp³-hybridized carbons (Fsp3) is 0.632. The smallest absolute Gasteiger partial charge is 0.233 e. The standard InChI is InChI=1S/C19H26N2O/c22-18(19(10-6-11-19)16-7-2-1-3-8-16)21-14-9-17(15-21)20-12-4-5-13-20/h1-3,7-8,17H,4-6,9-15H2. The van der Waals surface area contributed by atoms with E-state index in [1.807, 2.05) is 6.07 Å². The second kappa shape index (κ2) is 5.69. The lowest BCUT2D eigenvalue weighted by Gasteiger charge is -2.43. The van der Waals surface area contributed by atoms with Gasteiger partial charge in [0, 0.05) is 19.1 Å². The van der Waals surface area contributed by atoms with Gasteiger partial charge in [-0.1, -0.05) is 36.8 Å². The van der Waals surface area contributed by atoms with Crippen molar-refractivity contribution in [2.45, 2.75) is 50.0 Å². The molecule has 0 radical (unpaired) electrons. The van der Waals surface area contributed by atoms with Crippen LogP contribution in [-0.2, 0) is 10.2 Å². The Labute approximate surface area is 133 Å². The van der Waals surface area contributed by atoms with Crippen molar-refractivity contribution in [1.29, 1.82) is 0 Å². The number of hydrogen-bond acceptors (Lipinski definition) is 2. The zero-order valence-electron chi connectivity index (χ0n) is 13.3. The first kappa shape index (κ1) is 14.3. The van der Waals surface area contributed by atoms with Gasteiger partial charge in [0.25, 0.3) is 0 Å². The zero-order valence-corrected chi connectivity index (χ0v) is 13.3. The molecule has 0 aromatic heterocycles. The monoisotopic (exact) mass is 298 g/mol. The van der Waals surface area contributed by atoms with Gasteiger partial charge in [0.15, 0.2) is 0 Å². The van der Waals surface area contributed by atoms with E-state index in [2.05, 4.69) is 34.1 Å². The molecule has 22 heavy (non-hydrogen) atoms. The molecule has 118 valence electrons. The largest absolute Gasteiger partial charge is 0.340 e. The van der Waals surface area contributed by atoms with Crippen LogP contribution in [0, 0.1) is 0 Å². The molecule has 0 spiro atoms. The van der Waals surface area contributed by atoms with Crippen molar-refractivity contribution in [3.05, 3.63) is 35.9 Å². The van der Waals surface area contributed by atoms with Crippen molar-refractivity contribution < 1.29 is 4.79 Å². The van der Waals surface area contributed by atoms with Crippen LogP contribution in [0.5, 0.6) is 0 Å². The molecule has 1 unspecified atom stereocenters. The molecule has 1 aromatic rings. The van der Waals surface area contributed by atoms with E-state index >= 15 is 0 Å². The molecule has 1 atom stereocenters. The topological polar surface area (TPSA) is 23.6 Å². The highest BCUT2D eigenvalue weighted by Crippen LogP contribution is 2.45. The summed E-state index contributed by atoms with van der Waals surface area (Å²) in [4.78, 5) is 18.0. The summed E-state index contributed by atoms with van der Waals surface area (Å²) in [5.41, 5.74) is 1.03. The first-order valence-corrected chi connectivity index (χ1v) is 8.89. The minimum Gasteiger partial charge on any atom is -0.340 e. The van der Waals surface area contributed by atoms with Gasteiger partial charge in [-0.25, -0.2) is 0 Å². The van der Waals surface area contributed by atoms with E-state index in [9.17, 15) is 4.79 Å². The molecule has 2 aliphatic heterocycles. The summed E-state index contributed by atoms with van der Waals surface area (Å²) < 4.78 is 0. The van der Waals surface area contributed by atoms with E-state index in [0.29, 0.717) is 11.9 Å². The number of amides is 1. The van der Waals surface area contributed by atoms with E-state index in [1.165, 1.54) is 37.9 Å². The number of carbonyl (C=O) groups is 1. The van der Waals surface area contributed by atoms with Crippen LogP contribution >= 0.6 is 0 Å². The quantitative estimate of drug-likeness (QED) is 0.856. The fourth-order valence-corrected chi connectivity index (χ4v) is 4.55. The molecule has 1 saturated carbocycles. The van der Waals surface area contributed by atoms with Crippen molar-refractivity contribution in [2.24, 2.45) is 0 Å². The van der Waals surface area contributed by atoms with Gasteiger partial charge < -0.3 is 4.90 Å². The first-order valence-electron chi connectivity index (χ1n) is 8.89. The number of rotatable bonds is 3. The molecule has 3 aliphatic rings. The average molecular weight is 298 g/mol. The SMILES string of the molecule is O=C(N1CCC(N2CCCC2)C1)C1(c2ccccc2)CCC1. The van der Waals surface area contributed by atoms with Crippen molar-refractivity contribution in [2.75, 3.05) is 26.2 Å². The van der Waals surface area contributed by atoms with Gasteiger partial charge in [-0.05, 0) is 50.8 Å². The maximum Gasteiger partial charge on any atom is 0.233 e. The van der Waals surface area contributed by atoms with Crippen molar-refractivity contribution in [3.63, 3.8) is 0 Å². The molecular formula is C19H26N2O. The number of carbonyl (C=O) groups excluding carboxylic acids is 1. The molecule has 2 saturated heterocycles. The molecule has 4 rings (SSSR count). The van der Waals surface area contributed by atoms with Gasteiger partial charge in [0.1, 0.15) is 0 Å². The van der Waals surface area contributed by atoms with Gasteiger partial charge >= 0.3 is 0 Å². The third kappa shape index (κ3) is 2.26. The van der Waals surface area contributed by atoms with Gasteiger partial charge in [-0.15, -0.1) is 0 Å². The lowest BCUT2D eigenvalue weighted by Crippen LogP contribution is -2.51. The lowest BCUT2D eigenvalue weighted by molar-refractivity contribution is -0.140. The molecule has 1 aliphatic carbocycles. The van der Waals surface area contributed by atoms with E-state index in [1.54, 1.807) is 0 Å². The molecule has 0 N–H and O–H groups in total. The summed E-state index contributed by atoms with van der Waals surface area (Å²) in [6, 6.07) is 11.1. The lowest BCUT2D eigenvalue weighted by atomic mass is 9.63. The van der Waals surface area contributed by atoms with Crippen LogP contribution in [0.2, 0.25) is 0 Å². The highest BCUT2D eigenvalue weighted by molar-refractivity contribution is 5.89. The van der Waals surface area contributed by atoms with Crippen LogP contribution in [0.25, 0.3) is 0 Å². The van der Waals surface area contributed by atoms with Crippen LogP contribution in [0.4, 0.5) is 0 Å². The van der Waals surface area contributed by atoms with Crippen LogP contribution in [0.3, 0.4) is 0 Å². The Balaban J connectivity index is 1.49. The van der Waals surface area contributed by atoms with E-state index < -0.39 is 0 Å². The summed E-state index contributed by atoms with van der Waals surface area (Å²) in [6.45, 7) is 4.37. The predicted octanol–water partition coefficient (Wildman–Crippen LogP) is 2.81. The molecule has 3 heteroatoms. The summed E-state index contributed by atoms with van der Waals surface area (Å²) >= 11 is 0. The molecule has 0 bridgehead atoms. The number of hydrogen-bond donors (Lipinski definition) is 0. The third-order valence-corrected chi connectivity index (χ3v) is 6.05. The van der Waals surface area contributed by atoms with Gasteiger partial charge in [0.05, 0.1) is 5.41 Å². The number of nitrogens with zero attached hydrogens (tertiary/aromatic N) is 2. The zero-order chi connectivity index (χ0) is 15.0. The Kier molecular flexibility index (Phi) is 3.69. The molecule has 2 heterocycles. The Morgan fingerprint density at radius 1 is 1.00 bits per heavy atom. The third-order valence-electron chi connectivity index (χ3n) is 6.05. The second-order valence-electron chi connectivity index (χ2n) is 7.24. The average Bonchev–Trinajstić information content (AvgIpc) is 3.18. The van der Waals surface area contributed by atoms with Crippen LogP contribution in [0.1, 0.15) is 44.1 Å². The second-order valence-corrected chi connectivity index (χ2v) is 7.24. The Morgan fingerprint density at radius 3 is 2.36 bits per heavy atom. The Morgan fingerprint density at radius 2 is 1.73 bits per heavy atom. The Bertz CT molecular complexity index is 532. The molecular weight excluding hydrogens is 272 g/mol. The first-order chi connectivity index (χ1) is 10.8. The summed E-state index contributed by atoms with van der Waals surface area (Å²) in [5, 5.41) is 0. The van der Waals surface area contributed by atoms with Gasteiger partial charge in [-0.2, -0.15) is 0 Å². The van der Waals surface area contributed by atoms with Crippen molar-refractivity contribution in [3.8, 4) is 0 Å². The van der Waals surface area contributed by atoms with E-state index in [0.717, 1.165) is 32.4 Å². The van der Waals surface area contributed by atoms with Crippen molar-refractivity contribution >= 4 is 5.91 Å². The molecule has 3 nitrogen and oxygen atoms in total. The van der Waals surface area contributed by atoms with Crippen LogP contribution < -0.4 is 0 Å². The van der Waals surface area contributed by atoms with Gasteiger partial charge in [-0.3, -0.25) is 9.69 Å². The summed E-state index contributed by atoms with van der Waals surface area (Å²) in [7, 11) is 0. The number of likely N-dealkylation sites (tertiary alicyclic amines) is 2. The molecule has 3 fully saturated rings. The van der Waals surface area contributed by atoms with Crippen molar-refractivity contribution in [1.82, 2.24) is 9.80 Å². The summed E-state index contributed by atoms with van der Waals surface area (Å²) in [5.74, 6) is 0.395. The maximum absolute atomic E-state index is 13.2. The van der Waals surface area contributed by atoms with Gasteiger partial charge in [0.2, 0.25) is 5.91 Å². The van der Waals surface area contributed by atoms with Crippen LogP contribution in [-0.4, -0.2) is 47.9 Å². The number of benzene rings is 1. The highest BCUT2D eigenvalue weighted by Gasteiger charge is 2.48. The highest BCUT2D eigenvalue weighted by atomic mass is 16.2. The van der Waals surface area contributed by atoms with E-state index in [-0.39, 0.29) is 5.41 Å². The summed E-state index contributed by atoms with van der Waals surface area (Å²) in [6.07, 6.45) is 7.07. The Hall–Kier alpha value is -1.35.